The predicted molar refractivity (Wildman–Crippen MR) is 76.5 cm³/mol. The summed E-state index contributed by atoms with van der Waals surface area (Å²) in [6.07, 6.45) is 0.267. The van der Waals surface area contributed by atoms with Gasteiger partial charge in [0.1, 0.15) is 11.8 Å². The van der Waals surface area contributed by atoms with Crippen molar-refractivity contribution in [3.05, 3.63) is 24.3 Å². The molecule has 0 radical (unpaired) electrons. The largest absolute Gasteiger partial charge is 0.479 e. The molecule has 0 spiro atoms. The molecule has 1 fully saturated rings. The number of ether oxygens (including phenoxy) is 1. The number of hydrogen-bond donors (Lipinski definition) is 1. The van der Waals surface area contributed by atoms with Crippen LogP contribution in [-0.2, 0) is 9.59 Å². The number of amides is 2. The van der Waals surface area contributed by atoms with E-state index in [1.165, 1.54) is 0 Å². The Balaban J connectivity index is 1.91. The molecule has 1 aromatic carbocycles. The second-order valence-electron chi connectivity index (χ2n) is 4.79. The van der Waals surface area contributed by atoms with Gasteiger partial charge in [0.15, 0.2) is 6.61 Å². The summed E-state index contributed by atoms with van der Waals surface area (Å²) in [5.41, 5.74) is 0.645. The molecule has 21 heavy (non-hydrogen) atoms. The fraction of sp³-hybridized carbons (Fsp3) is 0.400. The van der Waals surface area contributed by atoms with Crippen molar-refractivity contribution >= 4 is 17.5 Å². The van der Waals surface area contributed by atoms with Gasteiger partial charge in [-0.25, -0.2) is 0 Å². The van der Waals surface area contributed by atoms with Crippen LogP contribution in [0.4, 0.5) is 5.69 Å². The standard InChI is InChI=1S/C15H17N3O3/c1-2-18-10-11(9-14(18)19)15(20)17-12-3-5-13(6-4-12)21-8-7-16/h3-6,11H,2,8-10H2,1H3,(H,17,20). The second kappa shape index (κ2) is 6.75. The smallest absolute Gasteiger partial charge is 0.229 e. The molecule has 6 heteroatoms. The zero-order chi connectivity index (χ0) is 15.2. The average molecular weight is 287 g/mol. The molecule has 110 valence electrons. The molecular weight excluding hydrogens is 270 g/mol. The first kappa shape index (κ1) is 14.9. The molecule has 1 N–H and O–H groups in total. The van der Waals surface area contributed by atoms with E-state index in [0.29, 0.717) is 24.5 Å². The summed E-state index contributed by atoms with van der Waals surface area (Å²) < 4.78 is 5.13. The minimum atomic E-state index is -0.299. The fourth-order valence-corrected chi connectivity index (χ4v) is 2.25. The first-order valence-corrected chi connectivity index (χ1v) is 6.82. The summed E-state index contributed by atoms with van der Waals surface area (Å²) >= 11 is 0. The van der Waals surface area contributed by atoms with Crippen LogP contribution in [0.15, 0.2) is 24.3 Å². The van der Waals surface area contributed by atoms with Gasteiger partial charge in [-0.15, -0.1) is 0 Å². The molecule has 0 aliphatic carbocycles. The minimum Gasteiger partial charge on any atom is -0.479 e. The van der Waals surface area contributed by atoms with Crippen LogP contribution in [0.5, 0.6) is 5.75 Å². The molecule has 1 atom stereocenters. The van der Waals surface area contributed by atoms with Crippen LogP contribution in [-0.4, -0.2) is 36.4 Å². The third-order valence-electron chi connectivity index (χ3n) is 3.39. The van der Waals surface area contributed by atoms with E-state index in [9.17, 15) is 9.59 Å². The molecule has 1 saturated heterocycles. The number of benzene rings is 1. The molecule has 1 aliphatic rings. The lowest BCUT2D eigenvalue weighted by Gasteiger charge is -2.13. The zero-order valence-corrected chi connectivity index (χ0v) is 11.8. The number of nitrogens with zero attached hydrogens (tertiary/aromatic N) is 2. The van der Waals surface area contributed by atoms with Crippen molar-refractivity contribution in [3.8, 4) is 11.8 Å². The molecule has 1 aromatic rings. The van der Waals surface area contributed by atoms with Crippen LogP contribution in [0.1, 0.15) is 13.3 Å². The van der Waals surface area contributed by atoms with E-state index in [4.69, 9.17) is 10.00 Å². The molecule has 2 amide bonds. The Bertz CT molecular complexity index is 563. The SMILES string of the molecule is CCN1CC(C(=O)Nc2ccc(OCC#N)cc2)CC1=O. The molecule has 1 unspecified atom stereocenters. The molecular formula is C15H17N3O3. The number of nitrogens with one attached hydrogen (secondary N) is 1. The lowest BCUT2D eigenvalue weighted by Crippen LogP contribution is -2.28. The van der Waals surface area contributed by atoms with Gasteiger partial charge in [0, 0.05) is 25.2 Å². The van der Waals surface area contributed by atoms with E-state index in [-0.39, 0.29) is 30.8 Å². The van der Waals surface area contributed by atoms with Crippen LogP contribution >= 0.6 is 0 Å². The molecule has 1 aliphatic heterocycles. The maximum absolute atomic E-state index is 12.1. The van der Waals surface area contributed by atoms with Gasteiger partial charge in [0.25, 0.3) is 0 Å². The van der Waals surface area contributed by atoms with Crippen LogP contribution in [0.3, 0.4) is 0 Å². The van der Waals surface area contributed by atoms with Gasteiger partial charge in [0.2, 0.25) is 11.8 Å². The van der Waals surface area contributed by atoms with Gasteiger partial charge >= 0.3 is 0 Å². The highest BCUT2D eigenvalue weighted by atomic mass is 16.5. The first-order chi connectivity index (χ1) is 10.1. The van der Waals surface area contributed by atoms with Crippen LogP contribution < -0.4 is 10.1 Å². The third-order valence-corrected chi connectivity index (χ3v) is 3.39. The number of hydrogen-bond acceptors (Lipinski definition) is 4. The summed E-state index contributed by atoms with van der Waals surface area (Å²) in [5, 5.41) is 11.2. The molecule has 6 nitrogen and oxygen atoms in total. The van der Waals surface area contributed by atoms with Crippen molar-refractivity contribution in [2.24, 2.45) is 5.92 Å². The van der Waals surface area contributed by atoms with Gasteiger partial charge in [-0.3, -0.25) is 9.59 Å². The fourth-order valence-electron chi connectivity index (χ4n) is 2.25. The Morgan fingerprint density at radius 2 is 2.19 bits per heavy atom. The lowest BCUT2D eigenvalue weighted by molar-refractivity contribution is -0.128. The van der Waals surface area contributed by atoms with Crippen molar-refractivity contribution in [3.63, 3.8) is 0 Å². The Kier molecular flexibility index (Phi) is 4.77. The van der Waals surface area contributed by atoms with Crippen molar-refractivity contribution in [2.45, 2.75) is 13.3 Å². The Morgan fingerprint density at radius 3 is 2.76 bits per heavy atom. The number of carbonyl (C=O) groups excluding carboxylic acids is 2. The molecule has 1 heterocycles. The number of anilines is 1. The van der Waals surface area contributed by atoms with Gasteiger partial charge < -0.3 is 15.0 Å². The highest BCUT2D eigenvalue weighted by molar-refractivity contribution is 5.97. The van der Waals surface area contributed by atoms with Crippen LogP contribution in [0.25, 0.3) is 0 Å². The summed E-state index contributed by atoms with van der Waals surface area (Å²) in [6.45, 7) is 3.00. The van der Waals surface area contributed by atoms with Gasteiger partial charge in [-0.1, -0.05) is 0 Å². The number of nitriles is 1. The van der Waals surface area contributed by atoms with Gasteiger partial charge in [0.05, 0.1) is 5.92 Å². The highest BCUT2D eigenvalue weighted by Gasteiger charge is 2.33. The predicted octanol–water partition coefficient (Wildman–Crippen LogP) is 1.40. The Hall–Kier alpha value is -2.55. The van der Waals surface area contributed by atoms with E-state index in [2.05, 4.69) is 5.32 Å². The average Bonchev–Trinajstić information content (AvgIpc) is 2.88. The normalized spacial score (nSPS) is 17.4. The van der Waals surface area contributed by atoms with Gasteiger partial charge in [-0.05, 0) is 31.2 Å². The number of carbonyl (C=O) groups is 2. The van der Waals surface area contributed by atoms with E-state index in [1.807, 2.05) is 13.0 Å². The molecule has 0 aromatic heterocycles. The lowest BCUT2D eigenvalue weighted by atomic mass is 10.1. The first-order valence-electron chi connectivity index (χ1n) is 6.82. The molecule has 0 bridgehead atoms. The van der Waals surface area contributed by atoms with E-state index < -0.39 is 0 Å². The highest BCUT2D eigenvalue weighted by Crippen LogP contribution is 2.21. The Labute approximate surface area is 123 Å². The van der Waals surface area contributed by atoms with Crippen LogP contribution in [0, 0.1) is 17.2 Å². The van der Waals surface area contributed by atoms with Crippen molar-refractivity contribution in [2.75, 3.05) is 25.0 Å². The maximum Gasteiger partial charge on any atom is 0.229 e. The second-order valence-corrected chi connectivity index (χ2v) is 4.79. The van der Waals surface area contributed by atoms with E-state index in [0.717, 1.165) is 0 Å². The summed E-state index contributed by atoms with van der Waals surface area (Å²) in [5.74, 6) is 0.151. The minimum absolute atomic E-state index is 0.0112. The van der Waals surface area contributed by atoms with Crippen molar-refractivity contribution in [1.29, 1.82) is 5.26 Å². The topological polar surface area (TPSA) is 82.4 Å². The summed E-state index contributed by atoms with van der Waals surface area (Å²) in [6, 6.07) is 8.67. The van der Waals surface area contributed by atoms with E-state index >= 15 is 0 Å². The maximum atomic E-state index is 12.1. The van der Waals surface area contributed by atoms with Crippen LogP contribution in [0.2, 0.25) is 0 Å². The van der Waals surface area contributed by atoms with Crippen molar-refractivity contribution < 1.29 is 14.3 Å². The third kappa shape index (κ3) is 3.72. The van der Waals surface area contributed by atoms with E-state index in [1.54, 1.807) is 29.2 Å². The molecule has 2 rings (SSSR count). The quantitative estimate of drug-likeness (QED) is 0.887. The molecule has 0 saturated carbocycles. The summed E-state index contributed by atoms with van der Waals surface area (Å²) in [7, 11) is 0. The Morgan fingerprint density at radius 1 is 1.48 bits per heavy atom. The van der Waals surface area contributed by atoms with Gasteiger partial charge in [-0.2, -0.15) is 5.26 Å². The monoisotopic (exact) mass is 287 g/mol. The van der Waals surface area contributed by atoms with Crippen molar-refractivity contribution in [1.82, 2.24) is 4.90 Å². The number of rotatable bonds is 5. The zero-order valence-electron chi connectivity index (χ0n) is 11.8. The summed E-state index contributed by atoms with van der Waals surface area (Å²) in [4.78, 5) is 25.4. The number of likely N-dealkylation sites (tertiary alicyclic amines) is 1.